The highest BCUT2D eigenvalue weighted by molar-refractivity contribution is 6.21. The fourth-order valence-electron chi connectivity index (χ4n) is 2.74. The van der Waals surface area contributed by atoms with E-state index in [1.165, 1.54) is 12.8 Å². The van der Waals surface area contributed by atoms with Crippen molar-refractivity contribution >= 4 is 17.3 Å². The lowest BCUT2D eigenvalue weighted by atomic mass is 10.00. The van der Waals surface area contributed by atoms with Gasteiger partial charge in [-0.3, -0.25) is 9.59 Å². The van der Waals surface area contributed by atoms with Crippen molar-refractivity contribution < 1.29 is 9.59 Å². The van der Waals surface area contributed by atoms with Crippen molar-refractivity contribution in [2.24, 2.45) is 5.92 Å². The van der Waals surface area contributed by atoms with Crippen LogP contribution in [0.4, 0.5) is 0 Å². The van der Waals surface area contributed by atoms with Crippen LogP contribution in [0.1, 0.15) is 68.8 Å². The van der Waals surface area contributed by atoms with E-state index in [4.69, 9.17) is 0 Å². The Morgan fingerprint density at radius 1 is 1.09 bits per heavy atom. The van der Waals surface area contributed by atoms with Gasteiger partial charge in [0.15, 0.2) is 0 Å². The second-order valence-electron chi connectivity index (χ2n) is 6.18. The maximum absolute atomic E-state index is 12.6. The van der Waals surface area contributed by atoms with Crippen molar-refractivity contribution in [3.63, 3.8) is 0 Å². The fourth-order valence-corrected chi connectivity index (χ4v) is 2.74. The molecule has 0 aromatic heterocycles. The van der Waals surface area contributed by atoms with Crippen molar-refractivity contribution in [2.45, 2.75) is 52.9 Å². The van der Waals surface area contributed by atoms with Crippen LogP contribution in [0.5, 0.6) is 0 Å². The van der Waals surface area contributed by atoms with E-state index in [-0.39, 0.29) is 17.6 Å². The lowest BCUT2D eigenvalue weighted by molar-refractivity contribution is -0.123. The molecule has 0 radical (unpaired) electrons. The van der Waals surface area contributed by atoms with Gasteiger partial charge in [0.25, 0.3) is 0 Å². The second kappa shape index (κ2) is 7.39. The third kappa shape index (κ3) is 3.46. The number of rotatable bonds is 7. The topological polar surface area (TPSA) is 46.2 Å². The Balaban J connectivity index is 2.26. The lowest BCUT2D eigenvalue weighted by Gasteiger charge is -2.11. The molecule has 1 aromatic rings. The number of carbonyl (C=O) groups excluding carboxylic acids is 2. The van der Waals surface area contributed by atoms with Gasteiger partial charge in [-0.1, -0.05) is 64.3 Å². The summed E-state index contributed by atoms with van der Waals surface area (Å²) < 4.78 is 0. The van der Waals surface area contributed by atoms with Crippen LogP contribution in [0.15, 0.2) is 30.0 Å². The van der Waals surface area contributed by atoms with Crippen LogP contribution >= 0.6 is 0 Å². The molecule has 1 aromatic carbocycles. The number of nitrogens with one attached hydrogen (secondary N) is 1. The van der Waals surface area contributed by atoms with Crippen LogP contribution in [0.2, 0.25) is 0 Å². The highest BCUT2D eigenvalue weighted by atomic mass is 16.2. The minimum atomic E-state index is -0.134. The molecule has 1 amide bonds. The van der Waals surface area contributed by atoms with Crippen LogP contribution in [0, 0.1) is 5.92 Å². The van der Waals surface area contributed by atoms with Gasteiger partial charge in [0.05, 0.1) is 5.70 Å². The van der Waals surface area contributed by atoms with Crippen molar-refractivity contribution in [1.82, 2.24) is 5.32 Å². The molecular weight excluding hydrogens is 274 g/mol. The standard InChI is InChI=1S/C19H25NO2/c1-4-5-6-7-11-15-14-10-8-9-12-16(14)18(21)17(15)20-19(22)13(2)3/h8-10,12-13H,4-7,11H2,1-3H3,(H,20,21,22). The molecular formula is C19H25NO2. The Bertz CT molecular complexity index is 599. The minimum absolute atomic E-state index is 0.0462. The van der Waals surface area contributed by atoms with Crippen LogP contribution < -0.4 is 5.32 Å². The number of fused-ring (bicyclic) bond motifs is 1. The molecule has 0 aliphatic heterocycles. The predicted molar refractivity (Wildman–Crippen MR) is 89.4 cm³/mol. The average Bonchev–Trinajstić information content (AvgIpc) is 2.77. The number of hydrogen-bond donors (Lipinski definition) is 1. The first-order chi connectivity index (χ1) is 10.6. The third-order valence-electron chi connectivity index (χ3n) is 4.08. The Hall–Kier alpha value is -1.90. The molecule has 1 aliphatic rings. The summed E-state index contributed by atoms with van der Waals surface area (Å²) in [6.07, 6.45) is 5.44. The third-order valence-corrected chi connectivity index (χ3v) is 4.08. The minimum Gasteiger partial charge on any atom is -0.322 e. The number of Topliss-reactive ketones (excluding diaryl/α,β-unsaturated/α-hetero) is 1. The molecule has 0 saturated carbocycles. The largest absolute Gasteiger partial charge is 0.322 e. The van der Waals surface area contributed by atoms with Gasteiger partial charge in [-0.05, 0) is 24.0 Å². The van der Waals surface area contributed by atoms with Gasteiger partial charge in [-0.15, -0.1) is 0 Å². The quantitative estimate of drug-likeness (QED) is 0.761. The van der Waals surface area contributed by atoms with Gasteiger partial charge in [0.2, 0.25) is 11.7 Å². The second-order valence-corrected chi connectivity index (χ2v) is 6.18. The Kier molecular flexibility index (Phi) is 5.53. The van der Waals surface area contributed by atoms with Gasteiger partial charge in [-0.2, -0.15) is 0 Å². The molecule has 0 spiro atoms. The molecule has 0 heterocycles. The van der Waals surface area contributed by atoms with Crippen molar-refractivity contribution in [3.8, 4) is 0 Å². The maximum Gasteiger partial charge on any atom is 0.227 e. The number of ketones is 1. The first-order valence-electron chi connectivity index (χ1n) is 8.24. The number of benzene rings is 1. The number of amides is 1. The van der Waals surface area contributed by atoms with E-state index < -0.39 is 0 Å². The summed E-state index contributed by atoms with van der Waals surface area (Å²) in [7, 11) is 0. The molecule has 118 valence electrons. The monoisotopic (exact) mass is 299 g/mol. The Morgan fingerprint density at radius 3 is 2.41 bits per heavy atom. The van der Waals surface area contributed by atoms with E-state index in [1.807, 2.05) is 38.1 Å². The van der Waals surface area contributed by atoms with E-state index in [1.54, 1.807) is 0 Å². The number of carbonyl (C=O) groups is 2. The van der Waals surface area contributed by atoms with E-state index in [0.29, 0.717) is 11.3 Å². The molecule has 0 fully saturated rings. The van der Waals surface area contributed by atoms with E-state index in [9.17, 15) is 9.59 Å². The van der Waals surface area contributed by atoms with Crippen LogP contribution in [0.25, 0.3) is 5.57 Å². The number of unbranched alkanes of at least 4 members (excludes halogenated alkanes) is 3. The molecule has 3 heteroatoms. The lowest BCUT2D eigenvalue weighted by Crippen LogP contribution is -2.30. The molecule has 2 rings (SSSR count). The van der Waals surface area contributed by atoms with Crippen molar-refractivity contribution in [2.75, 3.05) is 0 Å². The smallest absolute Gasteiger partial charge is 0.227 e. The summed E-state index contributed by atoms with van der Waals surface area (Å²) in [6.45, 7) is 5.86. The van der Waals surface area contributed by atoms with Crippen LogP contribution in [0.3, 0.4) is 0 Å². The molecule has 1 aliphatic carbocycles. The summed E-state index contributed by atoms with van der Waals surface area (Å²) in [4.78, 5) is 24.6. The summed E-state index contributed by atoms with van der Waals surface area (Å²) in [5.74, 6) is -0.275. The van der Waals surface area contributed by atoms with E-state index >= 15 is 0 Å². The van der Waals surface area contributed by atoms with Crippen LogP contribution in [-0.4, -0.2) is 11.7 Å². The SMILES string of the molecule is CCCCCCC1=C(NC(=O)C(C)C)C(=O)c2ccccc21. The van der Waals surface area contributed by atoms with E-state index in [0.717, 1.165) is 30.4 Å². The van der Waals surface area contributed by atoms with Gasteiger partial charge in [0.1, 0.15) is 0 Å². The van der Waals surface area contributed by atoms with Crippen LogP contribution in [-0.2, 0) is 4.79 Å². The summed E-state index contributed by atoms with van der Waals surface area (Å²) in [5.41, 5.74) is 3.21. The summed E-state index contributed by atoms with van der Waals surface area (Å²) >= 11 is 0. The zero-order valence-electron chi connectivity index (χ0n) is 13.7. The van der Waals surface area contributed by atoms with Crippen molar-refractivity contribution in [1.29, 1.82) is 0 Å². The Morgan fingerprint density at radius 2 is 1.77 bits per heavy atom. The zero-order valence-corrected chi connectivity index (χ0v) is 13.7. The van der Waals surface area contributed by atoms with Gasteiger partial charge in [0, 0.05) is 11.5 Å². The summed E-state index contributed by atoms with van der Waals surface area (Å²) in [5, 5.41) is 2.86. The first-order valence-corrected chi connectivity index (χ1v) is 8.24. The first kappa shape index (κ1) is 16.5. The molecule has 1 N–H and O–H groups in total. The Labute approximate surface area is 132 Å². The molecule has 0 saturated heterocycles. The predicted octanol–water partition coefficient (Wildman–Crippen LogP) is 4.34. The number of hydrogen-bond acceptors (Lipinski definition) is 2. The average molecular weight is 299 g/mol. The van der Waals surface area contributed by atoms with E-state index in [2.05, 4.69) is 12.2 Å². The highest BCUT2D eigenvalue weighted by Gasteiger charge is 2.30. The zero-order chi connectivity index (χ0) is 16.1. The number of allylic oxidation sites excluding steroid dienone is 2. The maximum atomic E-state index is 12.6. The normalized spacial score (nSPS) is 13.7. The molecule has 3 nitrogen and oxygen atoms in total. The van der Waals surface area contributed by atoms with Gasteiger partial charge < -0.3 is 5.32 Å². The van der Waals surface area contributed by atoms with Crippen molar-refractivity contribution in [3.05, 3.63) is 41.1 Å². The summed E-state index contributed by atoms with van der Waals surface area (Å²) in [6, 6.07) is 7.65. The van der Waals surface area contributed by atoms with Gasteiger partial charge >= 0.3 is 0 Å². The highest BCUT2D eigenvalue weighted by Crippen LogP contribution is 2.35. The molecule has 0 unspecified atom stereocenters. The molecule has 0 atom stereocenters. The van der Waals surface area contributed by atoms with Gasteiger partial charge in [-0.25, -0.2) is 0 Å². The molecule has 0 bridgehead atoms. The molecule has 22 heavy (non-hydrogen) atoms. The fraction of sp³-hybridized carbons (Fsp3) is 0.474.